The van der Waals surface area contributed by atoms with E-state index in [2.05, 4.69) is 4.99 Å². The highest BCUT2D eigenvalue weighted by Crippen LogP contribution is 2.05. The van der Waals surface area contributed by atoms with Crippen molar-refractivity contribution < 1.29 is 19.6 Å². The zero-order valence-electron chi connectivity index (χ0n) is 7.43. The number of rotatable bonds is 6. The summed E-state index contributed by atoms with van der Waals surface area (Å²) in [5, 5.41) is 15.9. The van der Waals surface area contributed by atoms with Crippen LogP contribution in [0.25, 0.3) is 0 Å². The third-order valence-corrected chi connectivity index (χ3v) is 1.47. The van der Waals surface area contributed by atoms with Crippen LogP contribution in [0.3, 0.4) is 0 Å². The van der Waals surface area contributed by atoms with Gasteiger partial charge in [0.05, 0.1) is 0 Å². The molecular weight excluding hydrogens is 195 g/mol. The molecule has 0 amide bonds. The second-order valence-electron chi connectivity index (χ2n) is 2.59. The highest BCUT2D eigenvalue weighted by atomic mass is 19.2. The summed E-state index contributed by atoms with van der Waals surface area (Å²) >= 11 is 0. The van der Waals surface area contributed by atoms with Crippen molar-refractivity contribution in [1.82, 2.24) is 5.29 Å². The minimum Gasteiger partial charge on any atom is -0.480 e. The fourth-order valence-corrected chi connectivity index (χ4v) is 0.814. The molecule has 0 aliphatic heterocycles. The Kier molecular flexibility index (Phi) is 5.49. The van der Waals surface area contributed by atoms with Crippen molar-refractivity contribution in [3.8, 4) is 0 Å². The average Bonchev–Trinajstić information content (AvgIpc) is 2.01. The van der Waals surface area contributed by atoms with Crippen molar-refractivity contribution >= 4 is 11.9 Å². The van der Waals surface area contributed by atoms with Crippen molar-refractivity contribution in [3.63, 3.8) is 0 Å². The first kappa shape index (κ1) is 12.6. The predicted molar refractivity (Wildman–Crippen MR) is 46.1 cm³/mol. The number of hydrogen-bond acceptors (Lipinski definition) is 4. The number of halogens is 1. The zero-order chi connectivity index (χ0) is 11.1. The van der Waals surface area contributed by atoms with E-state index in [1.165, 1.54) is 0 Å². The number of carboxylic acid groups (broad SMARTS) is 1. The van der Waals surface area contributed by atoms with Crippen molar-refractivity contribution in [2.45, 2.75) is 18.9 Å². The van der Waals surface area contributed by atoms with Gasteiger partial charge in [0.15, 0.2) is 12.0 Å². The fraction of sp³-hybridized carbons (Fsp3) is 0.667. The lowest BCUT2D eigenvalue weighted by Gasteiger charge is -2.12. The van der Waals surface area contributed by atoms with Gasteiger partial charge in [-0.2, -0.15) is 0 Å². The summed E-state index contributed by atoms with van der Waals surface area (Å²) in [6.45, 7) is 0.194. The Bertz CT molecular complexity index is 217. The van der Waals surface area contributed by atoms with Crippen molar-refractivity contribution in [2.24, 2.45) is 16.5 Å². The Hall–Kier alpha value is -1.41. The molecule has 0 heterocycles. The predicted octanol–water partition coefficient (Wildman–Crippen LogP) is -0.931. The lowest BCUT2D eigenvalue weighted by Crippen LogP contribution is -2.33. The third kappa shape index (κ3) is 5.27. The van der Waals surface area contributed by atoms with Crippen LogP contribution in [0.4, 0.5) is 4.48 Å². The minimum absolute atomic E-state index is 0.0842. The molecule has 0 aliphatic carbocycles. The third-order valence-electron chi connectivity index (χ3n) is 1.47. The number of nitrogens with two attached hydrogens (primary N) is 2. The molecule has 6 N–H and O–H groups in total. The van der Waals surface area contributed by atoms with Gasteiger partial charge < -0.3 is 16.6 Å². The van der Waals surface area contributed by atoms with Crippen LogP contribution in [0.1, 0.15) is 12.8 Å². The van der Waals surface area contributed by atoms with E-state index in [-0.39, 0.29) is 25.3 Å². The molecule has 1 atom stereocenters. The first-order valence-corrected chi connectivity index (χ1v) is 3.87. The molecule has 0 aromatic carbocycles. The maximum atomic E-state index is 12.1. The van der Waals surface area contributed by atoms with Gasteiger partial charge in [0.2, 0.25) is 0 Å². The van der Waals surface area contributed by atoms with E-state index in [1.807, 2.05) is 0 Å². The standard InChI is InChI=1S/C6H13FN4O3/c7-11(14)4(5(12)13)2-1-3-10-6(8)9/h4,14H,1-3H2,(H,12,13)(H4,8,9,10)/t4-/m0/s1. The molecule has 0 radical (unpaired) electrons. The summed E-state index contributed by atoms with van der Waals surface area (Å²) in [5.41, 5.74) is 10.0. The fourth-order valence-electron chi connectivity index (χ4n) is 0.814. The highest BCUT2D eigenvalue weighted by molar-refractivity contribution is 5.75. The molecule has 0 aromatic heterocycles. The second kappa shape index (κ2) is 6.11. The van der Waals surface area contributed by atoms with Gasteiger partial charge in [-0.1, -0.05) is 0 Å². The number of carboxylic acids is 1. The second-order valence-corrected chi connectivity index (χ2v) is 2.59. The molecule has 7 nitrogen and oxygen atoms in total. The maximum Gasteiger partial charge on any atom is 0.326 e. The number of hydrogen-bond donors (Lipinski definition) is 4. The molecular formula is C6H13FN4O3. The van der Waals surface area contributed by atoms with E-state index in [9.17, 15) is 9.28 Å². The van der Waals surface area contributed by atoms with Crippen LogP contribution in [-0.2, 0) is 4.79 Å². The van der Waals surface area contributed by atoms with Crippen molar-refractivity contribution in [3.05, 3.63) is 0 Å². The summed E-state index contributed by atoms with van der Waals surface area (Å²) in [4.78, 5) is 13.9. The van der Waals surface area contributed by atoms with Gasteiger partial charge >= 0.3 is 5.97 Å². The first-order chi connectivity index (χ1) is 6.45. The zero-order valence-corrected chi connectivity index (χ0v) is 7.43. The number of guanidine groups is 1. The molecule has 8 heteroatoms. The summed E-state index contributed by atoms with van der Waals surface area (Å²) in [5.74, 6) is -1.56. The van der Waals surface area contributed by atoms with Gasteiger partial charge in [-0.15, -0.1) is 4.48 Å². The van der Waals surface area contributed by atoms with E-state index >= 15 is 0 Å². The summed E-state index contributed by atoms with van der Waals surface area (Å²) < 4.78 is 12.1. The van der Waals surface area contributed by atoms with Crippen LogP contribution in [0, 0.1) is 0 Å². The van der Waals surface area contributed by atoms with Gasteiger partial charge in [-0.25, -0.2) is 0 Å². The van der Waals surface area contributed by atoms with Crippen LogP contribution >= 0.6 is 0 Å². The van der Waals surface area contributed by atoms with E-state index in [0.29, 0.717) is 0 Å². The summed E-state index contributed by atoms with van der Waals surface area (Å²) in [6.07, 6.45) is 0.176. The molecule has 0 saturated heterocycles. The van der Waals surface area contributed by atoms with Crippen LogP contribution in [0.2, 0.25) is 0 Å². The molecule has 0 saturated carbocycles. The lowest BCUT2D eigenvalue weighted by atomic mass is 10.2. The van der Waals surface area contributed by atoms with E-state index in [4.69, 9.17) is 21.8 Å². The molecule has 0 fully saturated rings. The van der Waals surface area contributed by atoms with Gasteiger partial charge in [0.25, 0.3) is 0 Å². The number of aliphatic carboxylic acids is 1. The molecule has 0 aliphatic rings. The summed E-state index contributed by atoms with van der Waals surface area (Å²) in [6, 6.07) is -1.58. The van der Waals surface area contributed by atoms with Gasteiger partial charge in [0, 0.05) is 6.54 Å². The molecule has 82 valence electrons. The van der Waals surface area contributed by atoms with Gasteiger partial charge in [0.1, 0.15) is 0 Å². The topological polar surface area (TPSA) is 125 Å². The largest absolute Gasteiger partial charge is 0.480 e. The summed E-state index contributed by atoms with van der Waals surface area (Å²) in [7, 11) is 0. The van der Waals surface area contributed by atoms with E-state index in [1.54, 1.807) is 0 Å². The SMILES string of the molecule is NC(N)=NCCC[C@@H](C(=O)O)N(O)F. The lowest BCUT2D eigenvalue weighted by molar-refractivity contribution is -0.265. The number of aliphatic imine (C=N–C) groups is 1. The molecule has 0 bridgehead atoms. The molecule has 14 heavy (non-hydrogen) atoms. The van der Waals surface area contributed by atoms with Gasteiger partial charge in [-0.3, -0.25) is 15.0 Å². The highest BCUT2D eigenvalue weighted by Gasteiger charge is 2.23. The van der Waals surface area contributed by atoms with E-state index < -0.39 is 17.3 Å². The Morgan fingerprint density at radius 3 is 2.50 bits per heavy atom. The number of nitrogens with zero attached hydrogens (tertiary/aromatic N) is 2. The monoisotopic (exact) mass is 208 g/mol. The maximum absolute atomic E-state index is 12.1. The number of carbonyl (C=O) groups is 1. The van der Waals surface area contributed by atoms with Crippen LogP contribution in [0.5, 0.6) is 0 Å². The number of hydroxylamine groups is 1. The van der Waals surface area contributed by atoms with Crippen molar-refractivity contribution in [1.29, 1.82) is 0 Å². The first-order valence-electron chi connectivity index (χ1n) is 3.87. The molecule has 0 spiro atoms. The van der Waals surface area contributed by atoms with Crippen molar-refractivity contribution in [2.75, 3.05) is 6.54 Å². The molecule has 0 rings (SSSR count). The Morgan fingerprint density at radius 1 is 1.57 bits per heavy atom. The molecule has 0 unspecified atom stereocenters. The Labute approximate surface area is 79.7 Å². The van der Waals surface area contributed by atoms with Gasteiger partial charge in [-0.05, 0) is 18.1 Å². The average molecular weight is 208 g/mol. The Morgan fingerprint density at radius 2 is 2.14 bits per heavy atom. The smallest absolute Gasteiger partial charge is 0.326 e. The quantitative estimate of drug-likeness (QED) is 0.147. The Balaban J connectivity index is 3.84. The van der Waals surface area contributed by atoms with E-state index in [0.717, 1.165) is 0 Å². The minimum atomic E-state index is -1.58. The van der Waals surface area contributed by atoms with Crippen LogP contribution < -0.4 is 11.5 Å². The van der Waals surface area contributed by atoms with Crippen LogP contribution in [-0.4, -0.2) is 40.1 Å². The van der Waals surface area contributed by atoms with Crippen LogP contribution in [0.15, 0.2) is 4.99 Å². The normalized spacial score (nSPS) is 12.5. The molecule has 0 aromatic rings.